The van der Waals surface area contributed by atoms with Gasteiger partial charge in [-0.15, -0.1) is 16.3 Å². The van der Waals surface area contributed by atoms with Crippen molar-refractivity contribution in [2.24, 2.45) is 0 Å². The molecule has 0 unspecified atom stereocenters. The van der Waals surface area contributed by atoms with Crippen LogP contribution >= 0.6 is 11.8 Å². The summed E-state index contributed by atoms with van der Waals surface area (Å²) in [6.45, 7) is 3.70. The number of thioether (sulfide) groups is 1. The number of nitrogens with zero attached hydrogens (tertiary/aromatic N) is 2. The lowest BCUT2D eigenvalue weighted by molar-refractivity contribution is -0.141. The zero-order valence-corrected chi connectivity index (χ0v) is 14.1. The van der Waals surface area contributed by atoms with Crippen LogP contribution in [0.3, 0.4) is 0 Å². The van der Waals surface area contributed by atoms with Crippen molar-refractivity contribution < 1.29 is 14.1 Å². The molecule has 0 aliphatic heterocycles. The van der Waals surface area contributed by atoms with Gasteiger partial charge in [0.05, 0.1) is 11.4 Å². The van der Waals surface area contributed by atoms with E-state index >= 15 is 0 Å². The molecule has 2 aromatic heterocycles. The van der Waals surface area contributed by atoms with Gasteiger partial charge in [0.2, 0.25) is 0 Å². The summed E-state index contributed by atoms with van der Waals surface area (Å²) in [4.78, 5) is 29.0. The van der Waals surface area contributed by atoms with Crippen LogP contribution in [0, 0.1) is 13.8 Å². The summed E-state index contributed by atoms with van der Waals surface area (Å²) >= 11 is 1.41. The number of esters is 1. The summed E-state index contributed by atoms with van der Waals surface area (Å²) in [5, 5.41) is 0. The number of aromatic nitrogens is 2. The van der Waals surface area contributed by atoms with E-state index < -0.39 is 0 Å². The van der Waals surface area contributed by atoms with Crippen LogP contribution in [0.5, 0.6) is 0 Å². The number of benzene rings is 1. The minimum Gasteiger partial charge on any atom is -0.459 e. The fraction of sp³-hybridized carbons (Fsp3) is 0.235. The monoisotopic (exact) mass is 344 g/mol. The Labute approximate surface area is 142 Å². The van der Waals surface area contributed by atoms with Crippen LogP contribution in [0.15, 0.2) is 50.6 Å². The summed E-state index contributed by atoms with van der Waals surface area (Å²) in [5.41, 5.74) is 1.63. The topological polar surface area (TPSA) is 73.8 Å². The first kappa shape index (κ1) is 16.3. The lowest BCUT2D eigenvalue weighted by atomic mass is 10.2. The number of carbonyl (C=O) groups is 1. The van der Waals surface area contributed by atoms with E-state index in [1.54, 1.807) is 13.0 Å². The minimum absolute atomic E-state index is 0.0384. The molecular formula is C17H16N2O4S. The van der Waals surface area contributed by atoms with Gasteiger partial charge in [-0.3, -0.25) is 9.59 Å². The van der Waals surface area contributed by atoms with E-state index in [1.807, 2.05) is 31.2 Å². The van der Waals surface area contributed by atoms with E-state index in [0.29, 0.717) is 17.1 Å². The molecule has 0 saturated carbocycles. The molecule has 0 atom stereocenters. The highest BCUT2D eigenvalue weighted by molar-refractivity contribution is 8.00. The number of carbonyl (C=O) groups excluding carboxylic acids is 1. The van der Waals surface area contributed by atoms with E-state index in [-0.39, 0.29) is 23.9 Å². The predicted molar refractivity (Wildman–Crippen MR) is 90.2 cm³/mol. The summed E-state index contributed by atoms with van der Waals surface area (Å²) in [7, 11) is 0. The Kier molecular flexibility index (Phi) is 4.71. The Hall–Kier alpha value is -2.54. The van der Waals surface area contributed by atoms with Crippen LogP contribution in [-0.2, 0) is 16.1 Å². The number of aryl methyl sites for hydroxylation is 2. The van der Waals surface area contributed by atoms with E-state index in [2.05, 4.69) is 4.98 Å². The van der Waals surface area contributed by atoms with E-state index in [1.165, 1.54) is 23.4 Å². The third kappa shape index (κ3) is 3.86. The summed E-state index contributed by atoms with van der Waals surface area (Å²) < 4.78 is 11.5. The van der Waals surface area contributed by atoms with Crippen LogP contribution in [0.2, 0.25) is 0 Å². The molecule has 24 heavy (non-hydrogen) atoms. The van der Waals surface area contributed by atoms with Gasteiger partial charge < -0.3 is 9.26 Å². The molecule has 2 heterocycles. The number of ether oxygens (including phenoxy) is 1. The van der Waals surface area contributed by atoms with Crippen LogP contribution in [0.1, 0.15) is 17.0 Å². The molecule has 3 rings (SSSR count). The van der Waals surface area contributed by atoms with Crippen molar-refractivity contribution in [2.45, 2.75) is 25.3 Å². The van der Waals surface area contributed by atoms with Gasteiger partial charge in [-0.1, -0.05) is 17.7 Å². The quantitative estimate of drug-likeness (QED) is 0.523. The molecule has 6 nitrogen and oxygen atoms in total. The molecule has 0 radical (unpaired) electrons. The smallest absolute Gasteiger partial charge is 0.316 e. The second-order valence-electron chi connectivity index (χ2n) is 5.35. The van der Waals surface area contributed by atoms with Crippen molar-refractivity contribution in [3.63, 3.8) is 0 Å². The molecule has 0 fully saturated rings. The normalized spacial score (nSPS) is 10.9. The second-order valence-corrected chi connectivity index (χ2v) is 6.40. The highest BCUT2D eigenvalue weighted by Crippen LogP contribution is 2.18. The van der Waals surface area contributed by atoms with Gasteiger partial charge in [-0.2, -0.15) is 0 Å². The second kappa shape index (κ2) is 6.92. The Morgan fingerprint density at radius 2 is 2.00 bits per heavy atom. The molecule has 0 aliphatic carbocycles. The summed E-state index contributed by atoms with van der Waals surface area (Å²) in [6.07, 6.45) is 0. The highest BCUT2D eigenvalue weighted by Gasteiger charge is 2.09. The first-order valence-electron chi connectivity index (χ1n) is 7.36. The molecule has 0 bridgehead atoms. The molecule has 7 heteroatoms. The fourth-order valence-electron chi connectivity index (χ4n) is 2.12. The number of rotatable bonds is 5. The van der Waals surface area contributed by atoms with Crippen molar-refractivity contribution in [3.05, 3.63) is 63.8 Å². The average Bonchev–Trinajstić information content (AvgIpc) is 2.93. The van der Waals surface area contributed by atoms with Gasteiger partial charge in [-0.25, -0.2) is 4.98 Å². The third-order valence-corrected chi connectivity index (χ3v) is 4.27. The molecule has 3 aromatic rings. The molecular weight excluding hydrogens is 328 g/mol. The van der Waals surface area contributed by atoms with Gasteiger partial charge in [0.25, 0.3) is 5.56 Å². The first-order valence-corrected chi connectivity index (χ1v) is 8.34. The lowest BCUT2D eigenvalue weighted by Gasteiger charge is -2.05. The van der Waals surface area contributed by atoms with E-state index in [0.717, 1.165) is 9.47 Å². The van der Waals surface area contributed by atoms with Crippen molar-refractivity contribution in [2.75, 3.05) is 5.75 Å². The summed E-state index contributed by atoms with van der Waals surface area (Å²) in [6, 6.07) is 10.9. The van der Waals surface area contributed by atoms with Gasteiger partial charge in [0, 0.05) is 17.0 Å². The maximum Gasteiger partial charge on any atom is 0.316 e. The Bertz CT molecular complexity index is 928. The maximum atomic E-state index is 11.9. The average molecular weight is 344 g/mol. The molecule has 0 saturated heterocycles. The zero-order valence-electron chi connectivity index (χ0n) is 13.3. The molecule has 0 spiro atoms. The van der Waals surface area contributed by atoms with E-state index in [9.17, 15) is 9.59 Å². The number of hydrogen-bond donors (Lipinski definition) is 0. The first-order chi connectivity index (χ1) is 11.5. The van der Waals surface area contributed by atoms with Crippen LogP contribution in [0.4, 0.5) is 0 Å². The largest absolute Gasteiger partial charge is 0.459 e. The Morgan fingerprint density at radius 3 is 2.75 bits per heavy atom. The van der Waals surface area contributed by atoms with Crippen molar-refractivity contribution >= 4 is 23.4 Å². The van der Waals surface area contributed by atoms with Gasteiger partial charge in [-0.05, 0) is 26.0 Å². The molecule has 0 amide bonds. The van der Waals surface area contributed by atoms with Crippen LogP contribution in [0.25, 0.3) is 5.65 Å². The fourth-order valence-corrected chi connectivity index (χ4v) is 2.82. The molecule has 124 valence electrons. The maximum absolute atomic E-state index is 11.9. The summed E-state index contributed by atoms with van der Waals surface area (Å²) in [5.74, 6) is 0.434. The SMILES string of the molecule is Cc1ccc(SCC(=O)OCc2cc(=O)n3oc(C)cc3n2)cc1. The minimum atomic E-state index is -0.356. The predicted octanol–water partition coefficient (Wildman–Crippen LogP) is 2.74. The standard InChI is InChI=1S/C17H16N2O4S/c1-11-3-5-14(6-4-11)24-10-17(21)22-9-13-8-16(20)19-15(18-13)7-12(2)23-19/h3-8H,9-10H2,1-2H3. The van der Waals surface area contributed by atoms with Gasteiger partial charge in [0.15, 0.2) is 5.65 Å². The molecule has 0 N–H and O–H groups in total. The van der Waals surface area contributed by atoms with Crippen molar-refractivity contribution in [3.8, 4) is 0 Å². The Balaban J connectivity index is 1.58. The zero-order chi connectivity index (χ0) is 17.1. The number of fused-ring (bicyclic) bond motifs is 1. The molecule has 0 aliphatic rings. The molecule has 1 aromatic carbocycles. The van der Waals surface area contributed by atoms with Crippen LogP contribution in [-0.4, -0.2) is 21.3 Å². The van der Waals surface area contributed by atoms with Crippen molar-refractivity contribution in [1.29, 1.82) is 0 Å². The van der Waals surface area contributed by atoms with Crippen molar-refractivity contribution in [1.82, 2.24) is 9.56 Å². The Morgan fingerprint density at radius 1 is 1.25 bits per heavy atom. The lowest BCUT2D eigenvalue weighted by Crippen LogP contribution is -2.15. The highest BCUT2D eigenvalue weighted by atomic mass is 32.2. The van der Waals surface area contributed by atoms with Crippen LogP contribution < -0.4 is 5.56 Å². The van der Waals surface area contributed by atoms with Gasteiger partial charge in [0.1, 0.15) is 12.4 Å². The van der Waals surface area contributed by atoms with E-state index in [4.69, 9.17) is 9.26 Å². The van der Waals surface area contributed by atoms with Gasteiger partial charge >= 0.3 is 5.97 Å². The third-order valence-electron chi connectivity index (χ3n) is 3.28. The number of hydrogen-bond acceptors (Lipinski definition) is 6.